The minimum atomic E-state index is 0.335. The van der Waals surface area contributed by atoms with Crippen LogP contribution in [-0.4, -0.2) is 34.4 Å². The van der Waals surface area contributed by atoms with Gasteiger partial charge in [0.1, 0.15) is 11.5 Å². The molecular weight excluding hydrogens is 356 g/mol. The number of aromatic nitrogens is 4. The minimum absolute atomic E-state index is 0.335. The van der Waals surface area contributed by atoms with E-state index in [1.807, 2.05) is 42.5 Å². The van der Waals surface area contributed by atoms with Crippen molar-refractivity contribution in [3.8, 4) is 11.5 Å². The van der Waals surface area contributed by atoms with Crippen molar-refractivity contribution in [3.05, 3.63) is 60.9 Å². The zero-order chi connectivity index (χ0) is 19.3. The third-order valence-corrected chi connectivity index (χ3v) is 4.11. The Bertz CT molecular complexity index is 1110. The number of benzene rings is 2. The highest BCUT2D eigenvalue weighted by molar-refractivity contribution is 5.91. The van der Waals surface area contributed by atoms with Crippen LogP contribution in [0.2, 0.25) is 0 Å². The first-order valence-corrected chi connectivity index (χ1v) is 8.56. The summed E-state index contributed by atoms with van der Waals surface area (Å²) in [6.45, 7) is 0. The molecule has 2 aromatic carbocycles. The second-order valence-electron chi connectivity index (χ2n) is 5.86. The molecule has 0 saturated heterocycles. The molecule has 0 saturated carbocycles. The summed E-state index contributed by atoms with van der Waals surface area (Å²) in [7, 11) is 3.19. The number of hydrogen-bond acceptors (Lipinski definition) is 8. The number of hydrogen-bond donors (Lipinski definition) is 2. The molecule has 0 amide bonds. The predicted octanol–water partition coefficient (Wildman–Crippen LogP) is 3.92. The van der Waals surface area contributed by atoms with Gasteiger partial charge in [-0.05, 0) is 24.3 Å². The first kappa shape index (κ1) is 17.5. The number of methoxy groups -OCH3 is 2. The number of rotatable bonds is 6. The Balaban J connectivity index is 1.60. The van der Waals surface area contributed by atoms with Gasteiger partial charge in [0.2, 0.25) is 5.95 Å². The van der Waals surface area contributed by atoms with Crippen LogP contribution in [0.4, 0.5) is 23.1 Å². The van der Waals surface area contributed by atoms with Crippen LogP contribution in [0, 0.1) is 0 Å². The summed E-state index contributed by atoms with van der Waals surface area (Å²) in [5.74, 6) is 2.18. The number of nitrogens with one attached hydrogen (secondary N) is 2. The maximum Gasteiger partial charge on any atom is 0.249 e. The predicted molar refractivity (Wildman–Crippen MR) is 108 cm³/mol. The lowest BCUT2D eigenvalue weighted by atomic mass is 10.2. The van der Waals surface area contributed by atoms with E-state index in [-0.39, 0.29) is 0 Å². The molecule has 0 spiro atoms. The zero-order valence-corrected chi connectivity index (χ0v) is 15.4. The molecule has 0 unspecified atom stereocenters. The van der Waals surface area contributed by atoms with Crippen molar-refractivity contribution in [2.45, 2.75) is 0 Å². The van der Waals surface area contributed by atoms with Crippen molar-refractivity contribution < 1.29 is 9.47 Å². The highest BCUT2D eigenvalue weighted by Gasteiger charge is 2.09. The lowest BCUT2D eigenvalue weighted by Gasteiger charge is -2.12. The van der Waals surface area contributed by atoms with Crippen LogP contribution in [0.3, 0.4) is 0 Å². The average molecular weight is 374 g/mol. The molecule has 4 rings (SSSR count). The molecule has 0 bridgehead atoms. The largest absolute Gasteiger partial charge is 0.497 e. The van der Waals surface area contributed by atoms with Gasteiger partial charge in [-0.1, -0.05) is 18.2 Å². The number of pyridine rings is 1. The fraction of sp³-hybridized carbons (Fsp3) is 0.100. The fourth-order valence-corrected chi connectivity index (χ4v) is 2.78. The highest BCUT2D eigenvalue weighted by atomic mass is 16.5. The lowest BCUT2D eigenvalue weighted by molar-refractivity contribution is 0.395. The van der Waals surface area contributed by atoms with Crippen LogP contribution in [0.15, 0.2) is 60.9 Å². The summed E-state index contributed by atoms with van der Waals surface area (Å²) >= 11 is 0. The second kappa shape index (κ2) is 7.75. The fourth-order valence-electron chi connectivity index (χ4n) is 2.78. The van der Waals surface area contributed by atoms with Gasteiger partial charge in [-0.3, -0.25) is 4.98 Å². The summed E-state index contributed by atoms with van der Waals surface area (Å²) < 4.78 is 10.6. The maximum absolute atomic E-state index is 5.39. The first-order chi connectivity index (χ1) is 13.8. The van der Waals surface area contributed by atoms with E-state index in [0.717, 1.165) is 16.6 Å². The van der Waals surface area contributed by atoms with Crippen LogP contribution >= 0.6 is 0 Å². The zero-order valence-electron chi connectivity index (χ0n) is 15.4. The number of anilines is 4. The lowest BCUT2D eigenvalue weighted by Crippen LogP contribution is -2.04. The molecule has 8 heteroatoms. The van der Waals surface area contributed by atoms with Gasteiger partial charge in [-0.25, -0.2) is 0 Å². The average Bonchev–Trinajstić information content (AvgIpc) is 2.74. The summed E-state index contributed by atoms with van der Waals surface area (Å²) in [5.41, 5.74) is 2.40. The van der Waals surface area contributed by atoms with Gasteiger partial charge in [0.25, 0.3) is 0 Å². The molecule has 0 fully saturated rings. The molecule has 2 heterocycles. The maximum atomic E-state index is 5.39. The normalized spacial score (nSPS) is 10.5. The van der Waals surface area contributed by atoms with Crippen molar-refractivity contribution in [1.29, 1.82) is 0 Å². The topological polar surface area (TPSA) is 94.1 Å². The van der Waals surface area contributed by atoms with Gasteiger partial charge >= 0.3 is 0 Å². The molecule has 0 radical (unpaired) electrons. The van der Waals surface area contributed by atoms with Gasteiger partial charge in [0.05, 0.1) is 37.3 Å². The molecule has 140 valence electrons. The van der Waals surface area contributed by atoms with E-state index in [1.54, 1.807) is 32.7 Å². The van der Waals surface area contributed by atoms with Crippen LogP contribution in [0.5, 0.6) is 11.5 Å². The first-order valence-electron chi connectivity index (χ1n) is 8.56. The minimum Gasteiger partial charge on any atom is -0.497 e. The van der Waals surface area contributed by atoms with E-state index < -0.39 is 0 Å². The van der Waals surface area contributed by atoms with E-state index in [2.05, 4.69) is 30.8 Å². The van der Waals surface area contributed by atoms with Crippen molar-refractivity contribution in [2.24, 2.45) is 0 Å². The van der Waals surface area contributed by atoms with Crippen molar-refractivity contribution >= 4 is 34.0 Å². The summed E-state index contributed by atoms with van der Waals surface area (Å²) in [5, 5.41) is 15.5. The Morgan fingerprint density at radius 2 is 1.79 bits per heavy atom. The van der Waals surface area contributed by atoms with E-state index in [4.69, 9.17) is 9.47 Å². The third-order valence-electron chi connectivity index (χ3n) is 4.11. The standard InChI is InChI=1S/C20H18N6O2/c1-27-14-8-9-15(17(11-14)28-2)24-20-25-18(12-22-26-20)23-16-7-3-5-13-6-4-10-21-19(13)16/h3-12H,1-2H3,(H2,23,24,25,26). The molecule has 8 nitrogen and oxygen atoms in total. The Morgan fingerprint density at radius 3 is 2.64 bits per heavy atom. The van der Waals surface area contributed by atoms with Gasteiger partial charge in [0, 0.05) is 17.6 Å². The van der Waals surface area contributed by atoms with Crippen molar-refractivity contribution in [3.63, 3.8) is 0 Å². The quantitative estimate of drug-likeness (QED) is 0.524. The van der Waals surface area contributed by atoms with Gasteiger partial charge in [0.15, 0.2) is 5.82 Å². The smallest absolute Gasteiger partial charge is 0.249 e. The molecule has 4 aromatic rings. The Hall–Kier alpha value is -3.94. The van der Waals surface area contributed by atoms with Crippen LogP contribution < -0.4 is 20.1 Å². The molecule has 0 aliphatic rings. The van der Waals surface area contributed by atoms with Crippen molar-refractivity contribution in [1.82, 2.24) is 20.2 Å². The second-order valence-corrected chi connectivity index (χ2v) is 5.86. The van der Waals surface area contributed by atoms with Crippen LogP contribution in [0.25, 0.3) is 10.9 Å². The molecule has 0 aliphatic carbocycles. The Morgan fingerprint density at radius 1 is 0.893 bits per heavy atom. The molecule has 2 N–H and O–H groups in total. The Kier molecular flexibility index (Phi) is 4.83. The third kappa shape index (κ3) is 3.61. The summed E-state index contributed by atoms with van der Waals surface area (Å²) in [4.78, 5) is 8.91. The van der Waals surface area contributed by atoms with Crippen LogP contribution in [-0.2, 0) is 0 Å². The monoisotopic (exact) mass is 374 g/mol. The van der Waals surface area contributed by atoms with Gasteiger partial charge in [-0.2, -0.15) is 10.1 Å². The summed E-state index contributed by atoms with van der Waals surface area (Å²) in [6, 6.07) is 15.3. The molecule has 0 atom stereocenters. The number of nitrogens with zero attached hydrogens (tertiary/aromatic N) is 4. The van der Waals surface area contributed by atoms with Crippen LogP contribution in [0.1, 0.15) is 0 Å². The molecule has 2 aromatic heterocycles. The van der Waals surface area contributed by atoms with E-state index in [0.29, 0.717) is 29.0 Å². The summed E-state index contributed by atoms with van der Waals surface area (Å²) in [6.07, 6.45) is 3.31. The van der Waals surface area contributed by atoms with Gasteiger partial charge < -0.3 is 20.1 Å². The molecule has 0 aliphatic heterocycles. The van der Waals surface area contributed by atoms with E-state index in [1.165, 1.54) is 0 Å². The molecule has 28 heavy (non-hydrogen) atoms. The van der Waals surface area contributed by atoms with E-state index in [9.17, 15) is 0 Å². The number of para-hydroxylation sites is 1. The van der Waals surface area contributed by atoms with E-state index >= 15 is 0 Å². The van der Waals surface area contributed by atoms with Gasteiger partial charge in [-0.15, -0.1) is 5.10 Å². The van der Waals surface area contributed by atoms with Crippen molar-refractivity contribution in [2.75, 3.05) is 24.9 Å². The molecular formula is C20H18N6O2. The highest BCUT2D eigenvalue weighted by Crippen LogP contribution is 2.31. The SMILES string of the molecule is COc1ccc(Nc2nncc(Nc3cccc4cccnc34)n2)c(OC)c1. The number of ether oxygens (including phenoxy) is 2. The Labute approximate surface area is 161 Å². The number of fused-ring (bicyclic) bond motifs is 1.